The fraction of sp³-hybridized carbons (Fsp3) is 0.857. The Morgan fingerprint density at radius 3 is 2.60 bits per heavy atom. The van der Waals surface area contributed by atoms with E-state index in [1.807, 2.05) is 11.8 Å². The van der Waals surface area contributed by atoms with Crippen molar-refractivity contribution in [3.05, 3.63) is 0 Å². The van der Waals surface area contributed by atoms with E-state index in [9.17, 15) is 4.79 Å². The molecule has 0 amide bonds. The van der Waals surface area contributed by atoms with E-state index in [-0.39, 0.29) is 0 Å². The van der Waals surface area contributed by atoms with Gasteiger partial charge in [0.05, 0.1) is 0 Å². The molecule has 10 heavy (non-hydrogen) atoms. The van der Waals surface area contributed by atoms with Crippen molar-refractivity contribution in [2.45, 2.75) is 6.42 Å². The molecule has 0 rings (SSSR count). The lowest BCUT2D eigenvalue weighted by atomic mass is 10.6. The minimum Gasteiger partial charge on any atom is -0.309 e. The second kappa shape index (κ2) is 7.09. The van der Waals surface area contributed by atoms with Crippen molar-refractivity contribution >= 4 is 18.0 Å². The maximum atomic E-state index is 9.88. The van der Waals surface area contributed by atoms with Crippen LogP contribution in [0.15, 0.2) is 0 Å². The summed E-state index contributed by atoms with van der Waals surface area (Å²) >= 11 is 1.83. The molecule has 0 spiro atoms. The molecule has 2 nitrogen and oxygen atoms in total. The normalized spacial score (nSPS) is 10.3. The Hall–Kier alpha value is -0.0200. The Morgan fingerprint density at radius 1 is 1.40 bits per heavy atom. The van der Waals surface area contributed by atoms with Gasteiger partial charge in [0.1, 0.15) is 6.29 Å². The molecular weight excluding hydrogens is 146 g/mol. The van der Waals surface area contributed by atoms with Gasteiger partial charge in [0.25, 0.3) is 0 Å². The van der Waals surface area contributed by atoms with Crippen LogP contribution in [0.5, 0.6) is 0 Å². The standard InChI is InChI=1S/C7H15NOS/c1-8(2)4-7-10-6-3-5-9/h5H,3-4,6-7H2,1-2H3. The molecule has 0 unspecified atom stereocenters. The lowest BCUT2D eigenvalue weighted by molar-refractivity contribution is -0.107. The van der Waals surface area contributed by atoms with Gasteiger partial charge in [0, 0.05) is 18.7 Å². The van der Waals surface area contributed by atoms with Gasteiger partial charge in [0.15, 0.2) is 0 Å². The van der Waals surface area contributed by atoms with Crippen molar-refractivity contribution in [2.24, 2.45) is 0 Å². The lowest BCUT2D eigenvalue weighted by Gasteiger charge is -2.07. The van der Waals surface area contributed by atoms with E-state index < -0.39 is 0 Å². The summed E-state index contributed by atoms with van der Waals surface area (Å²) in [5.41, 5.74) is 0. The third-order valence-electron chi connectivity index (χ3n) is 1.06. The summed E-state index contributed by atoms with van der Waals surface area (Å²) < 4.78 is 0. The Labute approximate surface area is 67.0 Å². The number of hydrogen-bond donors (Lipinski definition) is 0. The maximum absolute atomic E-state index is 9.88. The van der Waals surface area contributed by atoms with Crippen LogP contribution in [0.2, 0.25) is 0 Å². The van der Waals surface area contributed by atoms with Crippen LogP contribution in [0.25, 0.3) is 0 Å². The van der Waals surface area contributed by atoms with Gasteiger partial charge in [-0.05, 0) is 19.8 Å². The second-order valence-corrected chi connectivity index (χ2v) is 3.60. The smallest absolute Gasteiger partial charge is 0.120 e. The number of rotatable bonds is 6. The molecule has 0 heterocycles. The Morgan fingerprint density at radius 2 is 2.10 bits per heavy atom. The van der Waals surface area contributed by atoms with Crippen LogP contribution in [-0.4, -0.2) is 43.3 Å². The van der Waals surface area contributed by atoms with E-state index in [0.29, 0.717) is 6.42 Å². The third kappa shape index (κ3) is 7.98. The van der Waals surface area contributed by atoms with Gasteiger partial charge in [-0.15, -0.1) is 0 Å². The van der Waals surface area contributed by atoms with Gasteiger partial charge in [0.2, 0.25) is 0 Å². The van der Waals surface area contributed by atoms with Gasteiger partial charge in [-0.2, -0.15) is 11.8 Å². The fourth-order valence-electron chi connectivity index (χ4n) is 0.481. The average molecular weight is 161 g/mol. The van der Waals surface area contributed by atoms with E-state index in [4.69, 9.17) is 0 Å². The van der Waals surface area contributed by atoms with Gasteiger partial charge >= 0.3 is 0 Å². The molecule has 0 fully saturated rings. The number of carbonyl (C=O) groups excluding carboxylic acids is 1. The molecule has 0 radical (unpaired) electrons. The van der Waals surface area contributed by atoms with Crippen molar-refractivity contribution in [3.63, 3.8) is 0 Å². The average Bonchev–Trinajstić information content (AvgIpc) is 1.87. The molecule has 0 saturated carbocycles. The quantitative estimate of drug-likeness (QED) is 0.426. The lowest BCUT2D eigenvalue weighted by Crippen LogP contribution is -2.14. The van der Waals surface area contributed by atoms with E-state index in [0.717, 1.165) is 24.3 Å². The minimum absolute atomic E-state index is 0.693. The van der Waals surface area contributed by atoms with Crippen molar-refractivity contribution in [2.75, 3.05) is 32.1 Å². The zero-order chi connectivity index (χ0) is 7.82. The van der Waals surface area contributed by atoms with Crippen molar-refractivity contribution in [1.82, 2.24) is 4.90 Å². The molecule has 0 aliphatic heterocycles. The molecule has 60 valence electrons. The summed E-state index contributed by atoms with van der Waals surface area (Å²) in [7, 11) is 4.11. The van der Waals surface area contributed by atoms with Gasteiger partial charge in [-0.3, -0.25) is 0 Å². The van der Waals surface area contributed by atoms with Crippen LogP contribution in [0, 0.1) is 0 Å². The first-order chi connectivity index (χ1) is 4.77. The van der Waals surface area contributed by atoms with E-state index in [2.05, 4.69) is 19.0 Å². The summed E-state index contributed by atoms with van der Waals surface area (Å²) in [5.74, 6) is 2.10. The zero-order valence-corrected chi connectivity index (χ0v) is 7.49. The number of nitrogens with zero attached hydrogens (tertiary/aromatic N) is 1. The third-order valence-corrected chi connectivity index (χ3v) is 2.06. The van der Waals surface area contributed by atoms with Crippen LogP contribution < -0.4 is 0 Å². The van der Waals surface area contributed by atoms with Crippen LogP contribution in [0.4, 0.5) is 0 Å². The summed E-state index contributed by atoms with van der Waals surface area (Å²) in [4.78, 5) is 12.0. The number of aldehydes is 1. The Bertz CT molecular complexity index is 85.7. The second-order valence-electron chi connectivity index (χ2n) is 2.37. The number of carbonyl (C=O) groups is 1. The molecule has 0 aromatic heterocycles. The molecular formula is C7H15NOS. The first-order valence-electron chi connectivity index (χ1n) is 3.43. The summed E-state index contributed by atoms with van der Waals surface area (Å²) in [5, 5.41) is 0. The minimum atomic E-state index is 0.693. The highest BCUT2D eigenvalue weighted by atomic mass is 32.2. The van der Waals surface area contributed by atoms with Crippen LogP contribution in [0.3, 0.4) is 0 Å². The molecule has 3 heteroatoms. The maximum Gasteiger partial charge on any atom is 0.120 e. The topological polar surface area (TPSA) is 20.3 Å². The Kier molecular flexibility index (Phi) is 7.08. The highest BCUT2D eigenvalue weighted by molar-refractivity contribution is 7.99. The van der Waals surface area contributed by atoms with Crippen LogP contribution in [0.1, 0.15) is 6.42 Å². The summed E-state index contributed by atoms with van der Waals surface area (Å²) in [6.45, 7) is 1.10. The van der Waals surface area contributed by atoms with Crippen molar-refractivity contribution in [3.8, 4) is 0 Å². The molecule has 0 bridgehead atoms. The molecule has 0 aliphatic rings. The Balaban J connectivity index is 2.83. The zero-order valence-electron chi connectivity index (χ0n) is 6.67. The highest BCUT2D eigenvalue weighted by Gasteiger charge is 1.89. The van der Waals surface area contributed by atoms with Crippen LogP contribution in [-0.2, 0) is 4.79 Å². The number of hydrogen-bond acceptors (Lipinski definition) is 3. The van der Waals surface area contributed by atoms with Gasteiger partial charge in [-0.25, -0.2) is 0 Å². The van der Waals surface area contributed by atoms with E-state index in [1.54, 1.807) is 0 Å². The first-order valence-corrected chi connectivity index (χ1v) is 4.59. The van der Waals surface area contributed by atoms with Crippen molar-refractivity contribution in [1.29, 1.82) is 0 Å². The molecule has 0 aromatic carbocycles. The van der Waals surface area contributed by atoms with Gasteiger partial charge < -0.3 is 9.69 Å². The first kappa shape index (κ1) is 9.98. The molecule has 0 atom stereocenters. The van der Waals surface area contributed by atoms with Crippen molar-refractivity contribution < 1.29 is 4.79 Å². The van der Waals surface area contributed by atoms with Crippen LogP contribution >= 0.6 is 11.8 Å². The van der Waals surface area contributed by atoms with E-state index in [1.165, 1.54) is 0 Å². The molecule has 0 N–H and O–H groups in total. The summed E-state index contributed by atoms with van der Waals surface area (Å²) in [6.07, 6.45) is 1.67. The monoisotopic (exact) mass is 161 g/mol. The predicted molar refractivity (Wildman–Crippen MR) is 46.6 cm³/mol. The van der Waals surface area contributed by atoms with E-state index >= 15 is 0 Å². The highest BCUT2D eigenvalue weighted by Crippen LogP contribution is 2.00. The molecule has 0 aromatic rings. The fourth-order valence-corrected chi connectivity index (χ4v) is 1.44. The molecule has 0 aliphatic carbocycles. The summed E-state index contributed by atoms with van der Waals surface area (Å²) in [6, 6.07) is 0. The largest absolute Gasteiger partial charge is 0.309 e. The predicted octanol–water partition coefficient (Wildman–Crippen LogP) is 0.870. The molecule has 0 saturated heterocycles. The van der Waals surface area contributed by atoms with Gasteiger partial charge in [-0.1, -0.05) is 0 Å². The SMILES string of the molecule is CN(C)CCSCCC=O. The number of thioether (sulfide) groups is 1.